The predicted molar refractivity (Wildman–Crippen MR) is 91.6 cm³/mol. The monoisotopic (exact) mass is 289 g/mol. The lowest BCUT2D eigenvalue weighted by Crippen LogP contribution is -2.08. The van der Waals surface area contributed by atoms with Crippen LogP contribution in [0.3, 0.4) is 0 Å². The minimum absolute atomic E-state index is 0.707. The summed E-state index contributed by atoms with van der Waals surface area (Å²) < 4.78 is 2.14. The fourth-order valence-corrected chi connectivity index (χ4v) is 2.93. The van der Waals surface area contributed by atoms with Crippen LogP contribution in [-0.4, -0.2) is 9.67 Å². The van der Waals surface area contributed by atoms with Gasteiger partial charge in [0.25, 0.3) is 0 Å². The molecule has 0 bridgehead atoms. The summed E-state index contributed by atoms with van der Waals surface area (Å²) in [6.07, 6.45) is -0.743. The van der Waals surface area contributed by atoms with E-state index in [1.54, 1.807) is 0 Å². The Morgan fingerprint density at radius 3 is 2.50 bits per heavy atom. The van der Waals surface area contributed by atoms with Crippen LogP contribution >= 0.6 is 0 Å². The maximum Gasteiger partial charge on any atom is 0.127 e. The molecule has 1 N–H and O–H groups in total. The molecular formula is C20H19NO. The van der Waals surface area contributed by atoms with Crippen LogP contribution in [0.5, 0.6) is 0 Å². The summed E-state index contributed by atoms with van der Waals surface area (Å²) in [6, 6.07) is 20.0. The lowest BCUT2D eigenvalue weighted by atomic mass is 9.99. The number of fused-ring (bicyclic) bond motifs is 1. The van der Waals surface area contributed by atoms with Crippen molar-refractivity contribution in [1.82, 2.24) is 4.57 Å². The van der Waals surface area contributed by atoms with Crippen molar-refractivity contribution in [2.24, 2.45) is 0 Å². The average Bonchev–Trinajstić information content (AvgIpc) is 2.95. The van der Waals surface area contributed by atoms with Crippen LogP contribution in [0.25, 0.3) is 16.5 Å². The van der Waals surface area contributed by atoms with Gasteiger partial charge in [-0.25, -0.2) is 0 Å². The Morgan fingerprint density at radius 2 is 1.82 bits per heavy atom. The second-order valence-electron chi connectivity index (χ2n) is 5.23. The molecule has 1 unspecified atom stereocenters. The highest BCUT2D eigenvalue weighted by atomic mass is 16.3. The summed E-state index contributed by atoms with van der Waals surface area (Å²) in [7, 11) is 0. The normalized spacial score (nSPS) is 12.1. The van der Waals surface area contributed by atoms with Crippen molar-refractivity contribution in [2.45, 2.75) is 19.6 Å². The Labute approximate surface area is 130 Å². The first-order valence-corrected chi connectivity index (χ1v) is 7.48. The van der Waals surface area contributed by atoms with Crippen LogP contribution in [0.4, 0.5) is 0 Å². The van der Waals surface area contributed by atoms with Crippen LogP contribution in [0.15, 0.2) is 73.0 Å². The number of aliphatic hydroxyl groups excluding tert-OH is 1. The van der Waals surface area contributed by atoms with Crippen molar-refractivity contribution in [3.63, 3.8) is 0 Å². The van der Waals surface area contributed by atoms with Crippen molar-refractivity contribution >= 4 is 16.5 Å². The second kappa shape index (κ2) is 6.07. The van der Waals surface area contributed by atoms with Crippen LogP contribution < -0.4 is 0 Å². The molecule has 0 spiro atoms. The number of benzene rings is 2. The highest BCUT2D eigenvalue weighted by Crippen LogP contribution is 2.32. The second-order valence-corrected chi connectivity index (χ2v) is 5.23. The highest BCUT2D eigenvalue weighted by molar-refractivity contribution is 5.83. The van der Waals surface area contributed by atoms with Crippen LogP contribution in [-0.2, 0) is 6.54 Å². The number of rotatable bonds is 4. The summed E-state index contributed by atoms with van der Waals surface area (Å²) >= 11 is 0. The molecule has 0 saturated carbocycles. The molecule has 0 radical (unpaired) electrons. The molecule has 0 aliphatic carbocycles. The van der Waals surface area contributed by atoms with E-state index in [1.165, 1.54) is 0 Å². The quantitative estimate of drug-likeness (QED) is 0.700. The predicted octanol–water partition coefficient (Wildman–Crippen LogP) is 4.56. The summed E-state index contributed by atoms with van der Waals surface area (Å²) in [4.78, 5) is 0. The number of hydrogen-bond donors (Lipinski definition) is 1. The number of hydrogen-bond acceptors (Lipinski definition) is 1. The largest absolute Gasteiger partial charge is 0.381 e. The molecule has 0 fully saturated rings. The van der Waals surface area contributed by atoms with Crippen LogP contribution in [0, 0.1) is 0 Å². The molecule has 0 aliphatic rings. The van der Waals surface area contributed by atoms with Gasteiger partial charge in [-0.1, -0.05) is 55.1 Å². The SMILES string of the molecule is C=C=C(c1ccccc1)C(O)c1cc2ccccc2n1CC. The molecule has 2 heteroatoms. The van der Waals surface area contributed by atoms with Gasteiger partial charge in [0.1, 0.15) is 6.10 Å². The first-order chi connectivity index (χ1) is 10.8. The van der Waals surface area contributed by atoms with E-state index >= 15 is 0 Å². The molecule has 0 amide bonds. The number of para-hydroxylation sites is 1. The minimum atomic E-state index is -0.743. The maximum absolute atomic E-state index is 10.9. The van der Waals surface area contributed by atoms with Crippen molar-refractivity contribution in [3.05, 3.63) is 84.2 Å². The standard InChI is InChI=1S/C20H19NO/c1-3-17(15-10-6-5-7-11-15)20(22)19-14-16-12-8-9-13-18(16)21(19)4-2/h5-14,20,22H,1,4H2,2H3. The Balaban J connectivity index is 2.12. The zero-order valence-corrected chi connectivity index (χ0v) is 12.7. The molecule has 110 valence electrons. The molecule has 3 aromatic rings. The van der Waals surface area contributed by atoms with E-state index < -0.39 is 6.10 Å². The van der Waals surface area contributed by atoms with Crippen LogP contribution in [0.2, 0.25) is 0 Å². The van der Waals surface area contributed by atoms with Gasteiger partial charge in [-0.3, -0.25) is 0 Å². The van der Waals surface area contributed by atoms with E-state index in [4.69, 9.17) is 0 Å². The van der Waals surface area contributed by atoms with Crippen molar-refractivity contribution < 1.29 is 5.11 Å². The highest BCUT2D eigenvalue weighted by Gasteiger charge is 2.20. The zero-order chi connectivity index (χ0) is 15.5. The van der Waals surface area contributed by atoms with Gasteiger partial charge in [0, 0.05) is 17.6 Å². The fourth-order valence-electron chi connectivity index (χ4n) is 2.93. The molecule has 1 aromatic heterocycles. The zero-order valence-electron chi connectivity index (χ0n) is 12.7. The Morgan fingerprint density at radius 1 is 1.14 bits per heavy atom. The van der Waals surface area contributed by atoms with Crippen molar-refractivity contribution in [1.29, 1.82) is 0 Å². The lowest BCUT2D eigenvalue weighted by Gasteiger charge is -2.16. The van der Waals surface area contributed by atoms with E-state index in [2.05, 4.69) is 35.9 Å². The summed E-state index contributed by atoms with van der Waals surface area (Å²) in [5.41, 5.74) is 6.57. The summed E-state index contributed by atoms with van der Waals surface area (Å²) in [6.45, 7) is 6.65. The van der Waals surface area contributed by atoms with Gasteiger partial charge < -0.3 is 9.67 Å². The van der Waals surface area contributed by atoms with Gasteiger partial charge in [0.15, 0.2) is 0 Å². The topological polar surface area (TPSA) is 25.2 Å². The van der Waals surface area contributed by atoms with E-state index in [9.17, 15) is 5.11 Å². The third-order valence-electron chi connectivity index (χ3n) is 3.99. The smallest absolute Gasteiger partial charge is 0.127 e. The van der Waals surface area contributed by atoms with Gasteiger partial charge in [-0.2, -0.15) is 0 Å². The van der Waals surface area contributed by atoms with Gasteiger partial charge >= 0.3 is 0 Å². The van der Waals surface area contributed by atoms with E-state index in [1.807, 2.05) is 48.5 Å². The first-order valence-electron chi connectivity index (χ1n) is 7.48. The van der Waals surface area contributed by atoms with Crippen LogP contribution in [0.1, 0.15) is 24.3 Å². The summed E-state index contributed by atoms with van der Waals surface area (Å²) in [5.74, 6) is 0. The molecule has 0 aliphatic heterocycles. The molecule has 2 nitrogen and oxygen atoms in total. The molecule has 3 rings (SSSR count). The number of aliphatic hydroxyl groups is 1. The van der Waals surface area contributed by atoms with E-state index in [0.29, 0.717) is 5.57 Å². The number of aromatic nitrogens is 1. The third-order valence-corrected chi connectivity index (χ3v) is 3.99. The third kappa shape index (κ3) is 2.39. The molecular weight excluding hydrogens is 270 g/mol. The fraction of sp³-hybridized carbons (Fsp3) is 0.150. The maximum atomic E-state index is 10.9. The van der Waals surface area contributed by atoms with E-state index in [0.717, 1.165) is 28.7 Å². The number of aryl methyl sites for hydroxylation is 1. The lowest BCUT2D eigenvalue weighted by molar-refractivity contribution is 0.229. The van der Waals surface area contributed by atoms with Gasteiger partial charge in [-0.05, 0) is 30.0 Å². The minimum Gasteiger partial charge on any atom is -0.381 e. The Kier molecular flexibility index (Phi) is 3.97. The van der Waals surface area contributed by atoms with E-state index in [-0.39, 0.29) is 0 Å². The molecule has 1 atom stereocenters. The molecule has 1 heterocycles. The van der Waals surface area contributed by atoms with Crippen molar-refractivity contribution in [3.8, 4) is 0 Å². The van der Waals surface area contributed by atoms with Gasteiger partial charge in [-0.15, -0.1) is 5.73 Å². The first kappa shape index (κ1) is 14.4. The Bertz CT molecular complexity index is 839. The number of nitrogens with zero attached hydrogens (tertiary/aromatic N) is 1. The Hall–Kier alpha value is -2.54. The summed E-state index contributed by atoms with van der Waals surface area (Å²) in [5, 5.41) is 12.0. The molecule has 0 saturated heterocycles. The average molecular weight is 289 g/mol. The molecule has 22 heavy (non-hydrogen) atoms. The van der Waals surface area contributed by atoms with Gasteiger partial charge in [0.05, 0.1) is 5.69 Å². The molecule has 2 aromatic carbocycles. The van der Waals surface area contributed by atoms with Crippen molar-refractivity contribution in [2.75, 3.05) is 0 Å². The van der Waals surface area contributed by atoms with Gasteiger partial charge in [0.2, 0.25) is 0 Å².